The van der Waals surface area contributed by atoms with Crippen LogP contribution in [0.15, 0.2) is 64.4 Å². The van der Waals surface area contributed by atoms with Gasteiger partial charge in [-0.3, -0.25) is 4.79 Å². The molecule has 0 radical (unpaired) electrons. The number of halogens is 3. The molecule has 0 saturated heterocycles. The zero-order valence-electron chi connectivity index (χ0n) is 17.3. The average Bonchev–Trinajstić information content (AvgIpc) is 2.77. The van der Waals surface area contributed by atoms with Crippen molar-refractivity contribution in [2.24, 2.45) is 0 Å². The minimum Gasteiger partial charge on any atom is -0.507 e. The van der Waals surface area contributed by atoms with Crippen LogP contribution in [0, 0.1) is 5.82 Å². The highest BCUT2D eigenvalue weighted by molar-refractivity contribution is 7.91. The number of carbonyl (C=O) groups is 2. The number of rotatable bonds is 6. The van der Waals surface area contributed by atoms with E-state index in [9.17, 15) is 27.5 Å². The Morgan fingerprint density at radius 2 is 1.65 bits per heavy atom. The number of phenols is 1. The molecule has 178 valence electrons. The van der Waals surface area contributed by atoms with Gasteiger partial charge in [0.1, 0.15) is 22.2 Å². The molecule has 0 heterocycles. The third-order valence-corrected chi connectivity index (χ3v) is 6.64. The number of carbonyl (C=O) groups excluding carboxylic acids is 2. The Balaban J connectivity index is 1.89. The van der Waals surface area contributed by atoms with E-state index < -0.39 is 38.2 Å². The molecule has 0 aromatic heterocycles. The van der Waals surface area contributed by atoms with E-state index in [1.54, 1.807) is 6.92 Å². The molecular weight excluding hydrogens is 512 g/mol. The highest BCUT2D eigenvalue weighted by Gasteiger charge is 2.23. The molecule has 0 spiro atoms. The van der Waals surface area contributed by atoms with Crippen LogP contribution < -0.4 is 10.1 Å². The highest BCUT2D eigenvalue weighted by Crippen LogP contribution is 2.40. The van der Waals surface area contributed by atoms with Gasteiger partial charge in [0.05, 0.1) is 21.5 Å². The quantitative estimate of drug-likeness (QED) is 0.264. The summed E-state index contributed by atoms with van der Waals surface area (Å²) >= 11 is 12.4. The highest BCUT2D eigenvalue weighted by atomic mass is 35.5. The fraction of sp³-hybridized carbons (Fsp3) is 0.0909. The predicted octanol–water partition coefficient (Wildman–Crippen LogP) is 4.96. The molecule has 0 aliphatic rings. The van der Waals surface area contributed by atoms with E-state index >= 15 is 0 Å². The minimum atomic E-state index is -4.21. The van der Waals surface area contributed by atoms with Crippen molar-refractivity contribution in [2.45, 2.75) is 16.7 Å². The van der Waals surface area contributed by atoms with E-state index in [2.05, 4.69) is 10.1 Å². The number of benzene rings is 3. The van der Waals surface area contributed by atoms with Gasteiger partial charge >= 0.3 is 11.9 Å². The molecule has 12 heteroatoms. The fourth-order valence-corrected chi connectivity index (χ4v) is 4.67. The van der Waals surface area contributed by atoms with Gasteiger partial charge in [-0.25, -0.2) is 17.6 Å². The molecule has 0 fully saturated rings. The van der Waals surface area contributed by atoms with Crippen molar-refractivity contribution in [3.05, 3.63) is 70.5 Å². The van der Waals surface area contributed by atoms with E-state index in [1.807, 2.05) is 0 Å². The summed E-state index contributed by atoms with van der Waals surface area (Å²) in [6, 6.07) is 10.0. The molecule has 8 nitrogen and oxygen atoms in total. The van der Waals surface area contributed by atoms with E-state index in [0.717, 1.165) is 36.4 Å². The molecule has 0 bridgehead atoms. The van der Waals surface area contributed by atoms with Crippen molar-refractivity contribution in [1.29, 1.82) is 0 Å². The van der Waals surface area contributed by atoms with Gasteiger partial charge in [-0.05, 0) is 55.5 Å². The van der Waals surface area contributed by atoms with Gasteiger partial charge in [0.2, 0.25) is 9.84 Å². The number of esters is 1. The number of phenolic OH excluding ortho intramolecular Hbond substituents is 1. The summed E-state index contributed by atoms with van der Waals surface area (Å²) in [4.78, 5) is 22.5. The Kier molecular flexibility index (Phi) is 7.65. The standard InChI is InChI=1S/C22H16Cl2FNO7S/c1-2-32-22(29)21(28)26-13-9-16(23)20(17(24)10-13)33-14-5-8-18(27)19(11-14)34(30,31)15-6-3-12(25)4-7-15/h3-11,27H,2H2,1H3,(H,26,28). The number of ether oxygens (including phenoxy) is 2. The second-order valence-electron chi connectivity index (χ2n) is 6.63. The number of amides is 1. The lowest BCUT2D eigenvalue weighted by atomic mass is 10.2. The summed E-state index contributed by atoms with van der Waals surface area (Å²) in [6.45, 7) is 1.57. The number of sulfone groups is 1. The molecule has 0 atom stereocenters. The lowest BCUT2D eigenvalue weighted by Crippen LogP contribution is -2.24. The van der Waals surface area contributed by atoms with Crippen LogP contribution in [0.4, 0.5) is 10.1 Å². The van der Waals surface area contributed by atoms with Crippen molar-refractivity contribution in [3.8, 4) is 17.2 Å². The lowest BCUT2D eigenvalue weighted by Gasteiger charge is -2.14. The van der Waals surface area contributed by atoms with Crippen LogP contribution in [0.2, 0.25) is 10.0 Å². The minimum absolute atomic E-state index is 0.0199. The molecule has 3 aromatic rings. The van der Waals surface area contributed by atoms with Crippen molar-refractivity contribution in [3.63, 3.8) is 0 Å². The lowest BCUT2D eigenvalue weighted by molar-refractivity contribution is -0.152. The third-order valence-electron chi connectivity index (χ3n) is 4.28. The molecule has 0 aliphatic heterocycles. The topological polar surface area (TPSA) is 119 Å². The van der Waals surface area contributed by atoms with Gasteiger partial charge in [-0.2, -0.15) is 0 Å². The van der Waals surface area contributed by atoms with E-state index in [-0.39, 0.29) is 38.7 Å². The van der Waals surface area contributed by atoms with Crippen LogP contribution in [-0.2, 0) is 24.2 Å². The van der Waals surface area contributed by atoms with E-state index in [0.29, 0.717) is 0 Å². The summed E-state index contributed by atoms with van der Waals surface area (Å²) in [5, 5.41) is 12.3. The van der Waals surface area contributed by atoms with Gasteiger partial charge in [0.15, 0.2) is 5.75 Å². The number of anilines is 1. The first-order valence-corrected chi connectivity index (χ1v) is 11.8. The molecule has 34 heavy (non-hydrogen) atoms. The van der Waals surface area contributed by atoms with Crippen LogP contribution in [0.5, 0.6) is 17.2 Å². The number of hydrogen-bond donors (Lipinski definition) is 2. The Bertz CT molecular complexity index is 1340. The fourth-order valence-electron chi connectivity index (χ4n) is 2.74. The first-order valence-electron chi connectivity index (χ1n) is 9.51. The smallest absolute Gasteiger partial charge is 0.397 e. The number of nitrogens with one attached hydrogen (secondary N) is 1. The Hall–Kier alpha value is -3.34. The van der Waals surface area contributed by atoms with Crippen LogP contribution in [0.3, 0.4) is 0 Å². The molecule has 3 aromatic carbocycles. The second-order valence-corrected chi connectivity index (χ2v) is 9.37. The Morgan fingerprint density at radius 1 is 1.03 bits per heavy atom. The van der Waals surface area contributed by atoms with Crippen LogP contribution in [0.1, 0.15) is 6.92 Å². The van der Waals surface area contributed by atoms with Crippen LogP contribution >= 0.6 is 23.2 Å². The maximum Gasteiger partial charge on any atom is 0.397 e. The summed E-state index contributed by atoms with van der Waals surface area (Å²) < 4.78 is 49.2. The predicted molar refractivity (Wildman–Crippen MR) is 122 cm³/mol. The average molecular weight is 528 g/mol. The summed E-state index contributed by atoms with van der Waals surface area (Å²) in [6.07, 6.45) is 0. The van der Waals surface area contributed by atoms with E-state index in [1.165, 1.54) is 18.2 Å². The largest absolute Gasteiger partial charge is 0.507 e. The van der Waals surface area contributed by atoms with Gasteiger partial charge in [-0.1, -0.05) is 23.2 Å². The summed E-state index contributed by atoms with van der Waals surface area (Å²) in [5.41, 5.74) is 0.0886. The zero-order valence-corrected chi connectivity index (χ0v) is 19.7. The maximum atomic E-state index is 13.2. The number of aromatic hydroxyl groups is 1. The summed E-state index contributed by atoms with van der Waals surface area (Å²) in [7, 11) is -4.21. The van der Waals surface area contributed by atoms with Crippen molar-refractivity contribution >= 4 is 50.6 Å². The van der Waals surface area contributed by atoms with E-state index in [4.69, 9.17) is 27.9 Å². The Labute approximate surface area is 203 Å². The van der Waals surface area contributed by atoms with Crippen LogP contribution in [-0.4, -0.2) is 32.0 Å². The first-order chi connectivity index (χ1) is 16.0. The van der Waals surface area contributed by atoms with Gasteiger partial charge < -0.3 is 19.9 Å². The third kappa shape index (κ3) is 5.58. The molecular formula is C22H16Cl2FNO7S. The molecule has 0 unspecified atom stereocenters. The van der Waals surface area contributed by atoms with Crippen LogP contribution in [0.25, 0.3) is 0 Å². The molecule has 0 aliphatic carbocycles. The molecule has 3 rings (SSSR count). The zero-order chi connectivity index (χ0) is 25.0. The molecule has 0 saturated carbocycles. The molecule has 1 amide bonds. The number of hydrogen-bond acceptors (Lipinski definition) is 7. The van der Waals surface area contributed by atoms with Gasteiger partial charge in [0.25, 0.3) is 0 Å². The maximum absolute atomic E-state index is 13.2. The monoisotopic (exact) mass is 527 g/mol. The normalized spacial score (nSPS) is 11.1. The first kappa shape index (κ1) is 25.3. The second kappa shape index (κ2) is 10.3. The van der Waals surface area contributed by atoms with Crippen molar-refractivity contribution < 1.29 is 37.0 Å². The van der Waals surface area contributed by atoms with Crippen molar-refractivity contribution in [1.82, 2.24) is 0 Å². The summed E-state index contributed by atoms with van der Waals surface area (Å²) in [5.74, 6) is -3.40. The van der Waals surface area contributed by atoms with Crippen molar-refractivity contribution in [2.75, 3.05) is 11.9 Å². The SMILES string of the molecule is CCOC(=O)C(=O)Nc1cc(Cl)c(Oc2ccc(O)c(S(=O)(=O)c3ccc(F)cc3)c2)c(Cl)c1. The van der Waals surface area contributed by atoms with Gasteiger partial charge in [0, 0.05) is 11.8 Å². The van der Waals surface area contributed by atoms with Gasteiger partial charge in [-0.15, -0.1) is 0 Å². The molecule has 2 N–H and O–H groups in total. The Morgan fingerprint density at radius 3 is 2.24 bits per heavy atom.